The van der Waals surface area contributed by atoms with Gasteiger partial charge in [0, 0.05) is 24.8 Å². The number of carbonyl (C=O) groups is 1. The van der Waals surface area contributed by atoms with Crippen LogP contribution in [-0.2, 0) is 11.2 Å². The Morgan fingerprint density at radius 2 is 2.29 bits per heavy atom. The number of furan rings is 1. The first-order valence-corrected chi connectivity index (χ1v) is 8.18. The molecule has 128 valence electrons. The van der Waals surface area contributed by atoms with E-state index in [4.69, 9.17) is 9.15 Å². The molecule has 2 aromatic rings. The molecular formula is C17H22N4O3. The third kappa shape index (κ3) is 3.73. The molecule has 0 unspecified atom stereocenters. The first kappa shape index (κ1) is 16.4. The normalized spacial score (nSPS) is 20.6. The summed E-state index contributed by atoms with van der Waals surface area (Å²) < 4.78 is 11.2. The van der Waals surface area contributed by atoms with E-state index in [-0.39, 0.29) is 18.0 Å². The number of aryl methyl sites for hydroxylation is 2. The summed E-state index contributed by atoms with van der Waals surface area (Å²) in [7, 11) is 0. The van der Waals surface area contributed by atoms with Crippen molar-refractivity contribution >= 4 is 11.7 Å². The molecule has 0 spiro atoms. The lowest BCUT2D eigenvalue weighted by molar-refractivity contribution is 0.0609. The van der Waals surface area contributed by atoms with Gasteiger partial charge >= 0.3 is 0 Å². The van der Waals surface area contributed by atoms with Crippen LogP contribution in [0.5, 0.6) is 0 Å². The average molecular weight is 330 g/mol. The summed E-state index contributed by atoms with van der Waals surface area (Å²) in [6.07, 6.45) is 4.65. The Balaban J connectivity index is 1.69. The van der Waals surface area contributed by atoms with Gasteiger partial charge in [-0.25, -0.2) is 9.97 Å². The lowest BCUT2D eigenvalue weighted by atomic mass is 10.0. The molecule has 1 aliphatic heterocycles. The van der Waals surface area contributed by atoms with E-state index in [1.165, 1.54) is 6.33 Å². The van der Waals surface area contributed by atoms with E-state index in [9.17, 15) is 4.79 Å². The molecular weight excluding hydrogens is 308 g/mol. The van der Waals surface area contributed by atoms with Crippen LogP contribution in [0.4, 0.5) is 5.82 Å². The average Bonchev–Trinajstić information content (AvgIpc) is 2.99. The standard InChI is InChI=1S/C17H22N4O3/c1-3-12-8-11(2)16(24-12)17(22)21-13-5-7-23-9-14(13)20-15-4-6-18-10-19-15/h4,6,8,10,13-14H,3,5,7,9H2,1-2H3,(H,21,22)(H,18,19,20)/t13-,14+/m0/s1. The zero-order valence-electron chi connectivity index (χ0n) is 13.9. The summed E-state index contributed by atoms with van der Waals surface area (Å²) >= 11 is 0. The number of aromatic nitrogens is 2. The molecule has 24 heavy (non-hydrogen) atoms. The third-order valence-electron chi connectivity index (χ3n) is 4.11. The van der Waals surface area contributed by atoms with Crippen LogP contribution in [0, 0.1) is 6.92 Å². The number of ether oxygens (including phenoxy) is 1. The highest BCUT2D eigenvalue weighted by atomic mass is 16.5. The molecule has 0 saturated carbocycles. The lowest BCUT2D eigenvalue weighted by Gasteiger charge is -2.32. The van der Waals surface area contributed by atoms with Crippen molar-refractivity contribution < 1.29 is 13.9 Å². The maximum absolute atomic E-state index is 12.6. The summed E-state index contributed by atoms with van der Waals surface area (Å²) in [5, 5.41) is 6.36. The molecule has 0 radical (unpaired) electrons. The Bertz CT molecular complexity index is 686. The fraction of sp³-hybridized carbons (Fsp3) is 0.471. The van der Waals surface area contributed by atoms with Crippen LogP contribution in [-0.4, -0.2) is 41.2 Å². The van der Waals surface area contributed by atoms with Gasteiger partial charge in [-0.05, 0) is 25.5 Å². The van der Waals surface area contributed by atoms with Gasteiger partial charge in [-0.3, -0.25) is 4.79 Å². The summed E-state index contributed by atoms with van der Waals surface area (Å²) in [6.45, 7) is 5.01. The predicted molar refractivity (Wildman–Crippen MR) is 89.0 cm³/mol. The van der Waals surface area contributed by atoms with E-state index >= 15 is 0 Å². The van der Waals surface area contributed by atoms with Gasteiger partial charge < -0.3 is 19.8 Å². The van der Waals surface area contributed by atoms with E-state index in [0.29, 0.717) is 24.8 Å². The van der Waals surface area contributed by atoms with Crippen LogP contribution in [0.2, 0.25) is 0 Å². The highest BCUT2D eigenvalue weighted by Gasteiger charge is 2.29. The fourth-order valence-electron chi connectivity index (χ4n) is 2.80. The van der Waals surface area contributed by atoms with Gasteiger partial charge in [0.1, 0.15) is 17.9 Å². The lowest BCUT2D eigenvalue weighted by Crippen LogP contribution is -2.52. The number of amides is 1. The predicted octanol–water partition coefficient (Wildman–Crippen LogP) is 1.94. The minimum Gasteiger partial charge on any atom is -0.456 e. The fourth-order valence-corrected chi connectivity index (χ4v) is 2.80. The second-order valence-electron chi connectivity index (χ2n) is 5.87. The van der Waals surface area contributed by atoms with Crippen LogP contribution < -0.4 is 10.6 Å². The number of carbonyl (C=O) groups excluding carboxylic acids is 1. The molecule has 7 heteroatoms. The number of nitrogens with zero attached hydrogens (tertiary/aromatic N) is 2. The van der Waals surface area contributed by atoms with Crippen molar-refractivity contribution in [2.75, 3.05) is 18.5 Å². The highest BCUT2D eigenvalue weighted by molar-refractivity contribution is 5.93. The van der Waals surface area contributed by atoms with Gasteiger partial charge in [0.2, 0.25) is 0 Å². The van der Waals surface area contributed by atoms with E-state index in [1.807, 2.05) is 19.9 Å². The molecule has 1 amide bonds. The number of rotatable bonds is 5. The molecule has 3 heterocycles. The summed E-state index contributed by atoms with van der Waals surface area (Å²) in [5.74, 6) is 1.73. The summed E-state index contributed by atoms with van der Waals surface area (Å²) in [4.78, 5) is 20.6. The highest BCUT2D eigenvalue weighted by Crippen LogP contribution is 2.17. The van der Waals surface area contributed by atoms with Crippen LogP contribution in [0.3, 0.4) is 0 Å². The van der Waals surface area contributed by atoms with Crippen molar-refractivity contribution in [3.05, 3.63) is 41.7 Å². The van der Waals surface area contributed by atoms with Gasteiger partial charge in [-0.15, -0.1) is 0 Å². The number of hydrogen-bond donors (Lipinski definition) is 2. The van der Waals surface area contributed by atoms with Crippen molar-refractivity contribution in [3.63, 3.8) is 0 Å². The largest absolute Gasteiger partial charge is 0.456 e. The van der Waals surface area contributed by atoms with Crippen molar-refractivity contribution in [3.8, 4) is 0 Å². The van der Waals surface area contributed by atoms with Crippen LogP contribution >= 0.6 is 0 Å². The molecule has 1 fully saturated rings. The van der Waals surface area contributed by atoms with Crippen LogP contribution in [0.1, 0.15) is 35.2 Å². The SMILES string of the molecule is CCc1cc(C)c(C(=O)N[C@H]2CCOC[C@H]2Nc2ccncn2)o1. The van der Waals surface area contributed by atoms with Crippen molar-refractivity contribution in [1.82, 2.24) is 15.3 Å². The summed E-state index contributed by atoms with van der Waals surface area (Å²) in [5.41, 5.74) is 0.858. The molecule has 2 aromatic heterocycles. The van der Waals surface area contributed by atoms with E-state index < -0.39 is 0 Å². The molecule has 0 bridgehead atoms. The third-order valence-corrected chi connectivity index (χ3v) is 4.11. The minimum atomic E-state index is -0.186. The zero-order chi connectivity index (χ0) is 16.9. The van der Waals surface area contributed by atoms with Gasteiger partial charge in [-0.1, -0.05) is 6.92 Å². The quantitative estimate of drug-likeness (QED) is 0.871. The Morgan fingerprint density at radius 3 is 3.00 bits per heavy atom. The van der Waals surface area contributed by atoms with Crippen LogP contribution in [0.15, 0.2) is 29.1 Å². The second kappa shape index (κ2) is 7.44. The maximum Gasteiger partial charge on any atom is 0.287 e. The van der Waals surface area contributed by atoms with E-state index in [1.54, 1.807) is 12.3 Å². The molecule has 2 N–H and O–H groups in total. The monoisotopic (exact) mass is 330 g/mol. The number of hydrogen-bond acceptors (Lipinski definition) is 6. The second-order valence-corrected chi connectivity index (χ2v) is 5.87. The minimum absolute atomic E-state index is 0.0569. The van der Waals surface area contributed by atoms with Gasteiger partial charge in [-0.2, -0.15) is 0 Å². The van der Waals surface area contributed by atoms with Gasteiger partial charge in [0.25, 0.3) is 5.91 Å². The first-order valence-electron chi connectivity index (χ1n) is 8.18. The molecule has 0 aromatic carbocycles. The van der Waals surface area contributed by atoms with Crippen molar-refractivity contribution in [2.45, 2.75) is 38.8 Å². The molecule has 3 rings (SSSR count). The molecule has 2 atom stereocenters. The smallest absolute Gasteiger partial charge is 0.287 e. The Hall–Kier alpha value is -2.41. The Morgan fingerprint density at radius 1 is 1.42 bits per heavy atom. The molecule has 7 nitrogen and oxygen atoms in total. The topological polar surface area (TPSA) is 89.3 Å². The van der Waals surface area contributed by atoms with Crippen molar-refractivity contribution in [2.24, 2.45) is 0 Å². The molecule has 1 aliphatic rings. The zero-order valence-corrected chi connectivity index (χ0v) is 13.9. The van der Waals surface area contributed by atoms with Crippen molar-refractivity contribution in [1.29, 1.82) is 0 Å². The summed E-state index contributed by atoms with van der Waals surface area (Å²) in [6, 6.07) is 3.59. The van der Waals surface area contributed by atoms with Crippen LogP contribution in [0.25, 0.3) is 0 Å². The van der Waals surface area contributed by atoms with E-state index in [0.717, 1.165) is 24.2 Å². The Labute approximate surface area is 140 Å². The molecule has 0 aliphatic carbocycles. The van der Waals surface area contributed by atoms with Gasteiger partial charge in [0.15, 0.2) is 5.76 Å². The first-order chi connectivity index (χ1) is 11.7. The van der Waals surface area contributed by atoms with E-state index in [2.05, 4.69) is 20.6 Å². The molecule has 1 saturated heterocycles. The number of nitrogens with one attached hydrogen (secondary N) is 2. The van der Waals surface area contributed by atoms with Gasteiger partial charge in [0.05, 0.1) is 18.7 Å². The number of anilines is 1. The maximum atomic E-state index is 12.6. The Kier molecular flexibility index (Phi) is 5.10.